The first kappa shape index (κ1) is 11.0. The van der Waals surface area contributed by atoms with Gasteiger partial charge >= 0.3 is 0 Å². The Balaban J connectivity index is 2.16. The number of rotatable bonds is 2. The molecule has 1 atom stereocenters. The molecule has 1 aliphatic rings. The van der Waals surface area contributed by atoms with E-state index in [2.05, 4.69) is 15.3 Å². The fourth-order valence-corrected chi connectivity index (χ4v) is 2.89. The largest absolute Gasteiger partial charge is 0.364 e. The van der Waals surface area contributed by atoms with E-state index in [4.69, 9.17) is 11.6 Å². The molecular formula is C10H14ClN3S. The van der Waals surface area contributed by atoms with Gasteiger partial charge in [0.1, 0.15) is 0 Å². The van der Waals surface area contributed by atoms with Gasteiger partial charge in [-0.1, -0.05) is 11.6 Å². The molecule has 0 radical (unpaired) electrons. The second-order valence-electron chi connectivity index (χ2n) is 3.74. The number of aryl methyl sites for hydroxylation is 2. The molecule has 1 fully saturated rings. The third-order valence-electron chi connectivity index (χ3n) is 2.53. The number of thioether (sulfide) groups is 1. The van der Waals surface area contributed by atoms with Gasteiger partial charge in [0, 0.05) is 11.8 Å². The first-order chi connectivity index (χ1) is 7.16. The van der Waals surface area contributed by atoms with Crippen molar-refractivity contribution in [2.24, 2.45) is 0 Å². The van der Waals surface area contributed by atoms with Crippen LogP contribution in [0.15, 0.2) is 0 Å². The first-order valence-electron chi connectivity index (χ1n) is 5.02. The molecule has 0 amide bonds. The zero-order valence-electron chi connectivity index (χ0n) is 8.88. The first-order valence-corrected chi connectivity index (χ1v) is 6.55. The molecule has 3 nitrogen and oxygen atoms in total. The van der Waals surface area contributed by atoms with Crippen LogP contribution in [0.3, 0.4) is 0 Å². The Labute approximate surface area is 99.0 Å². The van der Waals surface area contributed by atoms with Crippen LogP contribution in [0.1, 0.15) is 17.8 Å². The van der Waals surface area contributed by atoms with E-state index in [9.17, 15) is 0 Å². The lowest BCUT2D eigenvalue weighted by Gasteiger charge is -2.13. The van der Waals surface area contributed by atoms with E-state index in [1.165, 1.54) is 12.2 Å². The molecule has 1 aromatic rings. The molecule has 2 heterocycles. The van der Waals surface area contributed by atoms with Gasteiger partial charge < -0.3 is 5.32 Å². The number of aromatic nitrogens is 2. The van der Waals surface area contributed by atoms with Crippen LogP contribution in [-0.4, -0.2) is 27.5 Å². The van der Waals surface area contributed by atoms with E-state index in [-0.39, 0.29) is 0 Å². The molecule has 82 valence electrons. The van der Waals surface area contributed by atoms with Gasteiger partial charge in [0.15, 0.2) is 11.0 Å². The lowest BCUT2D eigenvalue weighted by Crippen LogP contribution is -2.19. The maximum absolute atomic E-state index is 6.04. The van der Waals surface area contributed by atoms with Crippen LogP contribution in [0.4, 0.5) is 5.82 Å². The highest BCUT2D eigenvalue weighted by Gasteiger charge is 2.17. The summed E-state index contributed by atoms with van der Waals surface area (Å²) >= 11 is 8.00. The highest BCUT2D eigenvalue weighted by atomic mass is 35.5. The van der Waals surface area contributed by atoms with E-state index in [1.807, 2.05) is 25.6 Å². The molecule has 0 aliphatic carbocycles. The second-order valence-corrected chi connectivity index (χ2v) is 5.25. The third-order valence-corrected chi connectivity index (χ3v) is 3.96. The molecule has 0 saturated carbocycles. The van der Waals surface area contributed by atoms with Crippen LogP contribution >= 0.6 is 23.4 Å². The summed E-state index contributed by atoms with van der Waals surface area (Å²) in [6.45, 7) is 3.87. The monoisotopic (exact) mass is 243 g/mol. The average Bonchev–Trinajstić information content (AvgIpc) is 2.67. The maximum Gasteiger partial charge on any atom is 0.171 e. The summed E-state index contributed by atoms with van der Waals surface area (Å²) in [6, 6.07) is 0.490. The van der Waals surface area contributed by atoms with Crippen molar-refractivity contribution >= 4 is 29.2 Å². The number of nitrogens with one attached hydrogen (secondary N) is 1. The molecule has 5 heteroatoms. The van der Waals surface area contributed by atoms with E-state index in [1.54, 1.807) is 0 Å². The van der Waals surface area contributed by atoms with E-state index in [0.717, 1.165) is 23.0 Å². The summed E-state index contributed by atoms with van der Waals surface area (Å²) in [7, 11) is 0. The van der Waals surface area contributed by atoms with Crippen LogP contribution in [-0.2, 0) is 0 Å². The average molecular weight is 244 g/mol. The van der Waals surface area contributed by atoms with E-state index < -0.39 is 0 Å². The number of nitrogens with zero attached hydrogens (tertiary/aromatic N) is 2. The van der Waals surface area contributed by atoms with Crippen molar-refractivity contribution in [2.75, 3.05) is 16.8 Å². The molecule has 0 aromatic carbocycles. The summed E-state index contributed by atoms with van der Waals surface area (Å²) in [5, 5.41) is 3.83. The van der Waals surface area contributed by atoms with Crippen molar-refractivity contribution < 1.29 is 0 Å². The highest BCUT2D eigenvalue weighted by Crippen LogP contribution is 2.24. The molecular weight excluding hydrogens is 230 g/mol. The normalized spacial score (nSPS) is 20.6. The van der Waals surface area contributed by atoms with Gasteiger partial charge in [-0.25, -0.2) is 9.97 Å². The number of halogens is 1. The summed E-state index contributed by atoms with van der Waals surface area (Å²) in [4.78, 5) is 8.67. The van der Waals surface area contributed by atoms with Gasteiger partial charge in [-0.3, -0.25) is 0 Å². The van der Waals surface area contributed by atoms with Crippen LogP contribution in [0.25, 0.3) is 0 Å². The SMILES string of the molecule is Cc1nc(Cl)c(NC2CCSC2)nc1C. The zero-order valence-corrected chi connectivity index (χ0v) is 10.5. The topological polar surface area (TPSA) is 37.8 Å². The maximum atomic E-state index is 6.04. The molecule has 1 aromatic heterocycles. The molecule has 1 saturated heterocycles. The molecule has 1 N–H and O–H groups in total. The number of hydrogen-bond donors (Lipinski definition) is 1. The van der Waals surface area contributed by atoms with Gasteiger partial charge in [0.05, 0.1) is 11.4 Å². The van der Waals surface area contributed by atoms with E-state index in [0.29, 0.717) is 11.2 Å². The minimum atomic E-state index is 0.481. The predicted octanol–water partition coefficient (Wildman–Crippen LogP) is 2.66. The molecule has 1 unspecified atom stereocenters. The zero-order chi connectivity index (χ0) is 10.8. The van der Waals surface area contributed by atoms with Crippen molar-refractivity contribution in [3.63, 3.8) is 0 Å². The lowest BCUT2D eigenvalue weighted by molar-refractivity contribution is 0.802. The second kappa shape index (κ2) is 4.58. The van der Waals surface area contributed by atoms with Crippen molar-refractivity contribution in [3.8, 4) is 0 Å². The Hall–Kier alpha value is -0.480. The van der Waals surface area contributed by atoms with Crippen molar-refractivity contribution in [1.29, 1.82) is 0 Å². The smallest absolute Gasteiger partial charge is 0.171 e. The third kappa shape index (κ3) is 2.55. The summed E-state index contributed by atoms with van der Waals surface area (Å²) < 4.78 is 0. The molecule has 15 heavy (non-hydrogen) atoms. The number of anilines is 1. The minimum Gasteiger partial charge on any atom is -0.364 e. The van der Waals surface area contributed by atoms with Gasteiger partial charge in [0.25, 0.3) is 0 Å². The van der Waals surface area contributed by atoms with Crippen molar-refractivity contribution in [1.82, 2.24) is 9.97 Å². The Morgan fingerprint density at radius 3 is 2.73 bits per heavy atom. The number of hydrogen-bond acceptors (Lipinski definition) is 4. The Kier molecular flexibility index (Phi) is 3.36. The highest BCUT2D eigenvalue weighted by molar-refractivity contribution is 7.99. The van der Waals surface area contributed by atoms with Crippen LogP contribution < -0.4 is 5.32 Å². The Morgan fingerprint density at radius 1 is 1.33 bits per heavy atom. The van der Waals surface area contributed by atoms with Crippen molar-refractivity contribution in [2.45, 2.75) is 26.3 Å². The van der Waals surface area contributed by atoms with Crippen LogP contribution in [0, 0.1) is 13.8 Å². The fourth-order valence-electron chi connectivity index (χ4n) is 1.51. The van der Waals surface area contributed by atoms with Crippen molar-refractivity contribution in [3.05, 3.63) is 16.5 Å². The molecule has 0 bridgehead atoms. The van der Waals surface area contributed by atoms with Crippen LogP contribution in [0.5, 0.6) is 0 Å². The quantitative estimate of drug-likeness (QED) is 0.867. The fraction of sp³-hybridized carbons (Fsp3) is 0.600. The Morgan fingerprint density at radius 2 is 2.07 bits per heavy atom. The molecule has 2 rings (SSSR count). The lowest BCUT2D eigenvalue weighted by atomic mass is 10.2. The van der Waals surface area contributed by atoms with Crippen LogP contribution in [0.2, 0.25) is 5.15 Å². The Bertz CT molecular complexity index is 364. The van der Waals surface area contributed by atoms with Gasteiger partial charge in [0.2, 0.25) is 0 Å². The summed E-state index contributed by atoms with van der Waals surface area (Å²) in [6.07, 6.45) is 1.18. The predicted molar refractivity (Wildman–Crippen MR) is 65.9 cm³/mol. The standard InChI is InChI=1S/C10H14ClN3S/c1-6-7(2)13-10(9(11)12-6)14-8-3-4-15-5-8/h8H,3-5H2,1-2H3,(H,13,14). The van der Waals surface area contributed by atoms with E-state index >= 15 is 0 Å². The molecule has 1 aliphatic heterocycles. The van der Waals surface area contributed by atoms with Gasteiger partial charge in [-0.2, -0.15) is 11.8 Å². The summed E-state index contributed by atoms with van der Waals surface area (Å²) in [5.74, 6) is 3.07. The molecule has 0 spiro atoms. The van der Waals surface area contributed by atoms with Gasteiger partial charge in [-0.15, -0.1) is 0 Å². The minimum absolute atomic E-state index is 0.481. The summed E-state index contributed by atoms with van der Waals surface area (Å²) in [5.41, 5.74) is 1.83. The van der Waals surface area contributed by atoms with Gasteiger partial charge in [-0.05, 0) is 26.0 Å².